The van der Waals surface area contributed by atoms with Crippen LogP contribution in [0.3, 0.4) is 0 Å². The van der Waals surface area contributed by atoms with Gasteiger partial charge in [0, 0.05) is 42.9 Å². The molecule has 0 amide bonds. The van der Waals surface area contributed by atoms with Gasteiger partial charge in [-0.15, -0.1) is 0 Å². The van der Waals surface area contributed by atoms with Crippen LogP contribution in [-0.4, -0.2) is 35.9 Å². The maximum atomic E-state index is 6.20. The molecule has 0 saturated heterocycles. The molecule has 0 radical (unpaired) electrons. The predicted molar refractivity (Wildman–Crippen MR) is 111 cm³/mol. The van der Waals surface area contributed by atoms with Gasteiger partial charge in [0.15, 0.2) is 5.96 Å². The molecule has 1 heterocycles. The first-order valence-corrected chi connectivity index (χ1v) is 9.55. The van der Waals surface area contributed by atoms with Gasteiger partial charge in [0.2, 0.25) is 0 Å². The van der Waals surface area contributed by atoms with E-state index in [1.807, 2.05) is 23.9 Å². The van der Waals surface area contributed by atoms with Crippen LogP contribution in [-0.2, 0) is 19.9 Å². The van der Waals surface area contributed by atoms with Gasteiger partial charge >= 0.3 is 0 Å². The highest BCUT2D eigenvalue weighted by Gasteiger charge is 2.09. The van der Waals surface area contributed by atoms with E-state index < -0.39 is 0 Å². The lowest BCUT2D eigenvalue weighted by Crippen LogP contribution is -2.38. The van der Waals surface area contributed by atoms with E-state index in [0.717, 1.165) is 54.6 Å². The Balaban J connectivity index is 1.72. The normalized spacial score (nSPS) is 11.7. The molecule has 0 unspecified atom stereocenters. The number of nitrogens with zero attached hydrogens (tertiary/aromatic N) is 3. The fourth-order valence-corrected chi connectivity index (χ4v) is 3.42. The number of aryl methyl sites for hydroxylation is 3. The van der Waals surface area contributed by atoms with E-state index in [4.69, 9.17) is 23.2 Å². The lowest BCUT2D eigenvalue weighted by Gasteiger charge is -2.12. The first kappa shape index (κ1) is 20.6. The molecule has 0 atom stereocenters. The third-order valence-electron chi connectivity index (χ3n) is 4.48. The molecular formula is C19H27Cl2N5. The summed E-state index contributed by atoms with van der Waals surface area (Å²) in [6.07, 6.45) is 2.78. The number of halogens is 2. The molecule has 0 saturated carbocycles. The molecule has 0 bridgehead atoms. The SMILES string of the molecule is CN=C(NCCCc1ccc(Cl)cc1Cl)NCCc1c(C)nn(C)c1C. The molecule has 5 nitrogen and oxygen atoms in total. The molecule has 0 aliphatic carbocycles. The summed E-state index contributed by atoms with van der Waals surface area (Å²) in [4.78, 5) is 4.27. The quantitative estimate of drug-likeness (QED) is 0.427. The van der Waals surface area contributed by atoms with E-state index in [0.29, 0.717) is 5.02 Å². The number of hydrogen-bond acceptors (Lipinski definition) is 2. The summed E-state index contributed by atoms with van der Waals surface area (Å²) in [6, 6.07) is 5.64. The molecule has 7 heteroatoms. The van der Waals surface area contributed by atoms with E-state index in [1.54, 1.807) is 13.1 Å². The van der Waals surface area contributed by atoms with Crippen molar-refractivity contribution < 1.29 is 0 Å². The van der Waals surface area contributed by atoms with Gasteiger partial charge in [0.25, 0.3) is 0 Å². The van der Waals surface area contributed by atoms with Gasteiger partial charge in [-0.05, 0) is 56.4 Å². The Labute approximate surface area is 165 Å². The Bertz CT molecular complexity index is 768. The van der Waals surface area contributed by atoms with Crippen LogP contribution in [0.25, 0.3) is 0 Å². The van der Waals surface area contributed by atoms with Gasteiger partial charge in [-0.2, -0.15) is 5.10 Å². The van der Waals surface area contributed by atoms with Crippen LogP contribution in [0.15, 0.2) is 23.2 Å². The highest BCUT2D eigenvalue weighted by atomic mass is 35.5. The predicted octanol–water partition coefficient (Wildman–Crippen LogP) is 3.68. The number of guanidine groups is 1. The first-order chi connectivity index (χ1) is 12.4. The third-order valence-corrected chi connectivity index (χ3v) is 5.07. The van der Waals surface area contributed by atoms with E-state index in [9.17, 15) is 0 Å². The zero-order chi connectivity index (χ0) is 19.1. The largest absolute Gasteiger partial charge is 0.356 e. The highest BCUT2D eigenvalue weighted by molar-refractivity contribution is 6.35. The van der Waals surface area contributed by atoms with Crippen molar-refractivity contribution in [2.45, 2.75) is 33.1 Å². The first-order valence-electron chi connectivity index (χ1n) is 8.80. The number of nitrogens with one attached hydrogen (secondary N) is 2. The minimum Gasteiger partial charge on any atom is -0.356 e. The summed E-state index contributed by atoms with van der Waals surface area (Å²) in [7, 11) is 3.76. The van der Waals surface area contributed by atoms with Crippen molar-refractivity contribution in [1.82, 2.24) is 20.4 Å². The van der Waals surface area contributed by atoms with Gasteiger partial charge in [0.1, 0.15) is 0 Å². The Morgan fingerprint density at radius 1 is 1.15 bits per heavy atom. The number of rotatable bonds is 7. The summed E-state index contributed by atoms with van der Waals surface area (Å²) in [5.41, 5.74) is 4.72. The van der Waals surface area contributed by atoms with Crippen molar-refractivity contribution in [2.24, 2.45) is 12.0 Å². The van der Waals surface area contributed by atoms with Crippen LogP contribution in [0.5, 0.6) is 0 Å². The summed E-state index contributed by atoms with van der Waals surface area (Å²) in [5, 5.41) is 12.5. The van der Waals surface area contributed by atoms with Crippen LogP contribution in [0.4, 0.5) is 0 Å². The van der Waals surface area contributed by atoms with Crippen LogP contribution in [0.2, 0.25) is 10.0 Å². The molecule has 2 aromatic rings. The maximum absolute atomic E-state index is 6.20. The van der Waals surface area contributed by atoms with Crippen LogP contribution in [0, 0.1) is 13.8 Å². The van der Waals surface area contributed by atoms with Crippen molar-refractivity contribution in [1.29, 1.82) is 0 Å². The fourth-order valence-electron chi connectivity index (χ4n) is 2.92. The molecule has 2 rings (SSSR count). The topological polar surface area (TPSA) is 54.2 Å². The van der Waals surface area contributed by atoms with E-state index >= 15 is 0 Å². The molecule has 0 fully saturated rings. The average Bonchev–Trinajstić information content (AvgIpc) is 2.84. The highest BCUT2D eigenvalue weighted by Crippen LogP contribution is 2.21. The van der Waals surface area contributed by atoms with Gasteiger partial charge in [-0.25, -0.2) is 0 Å². The maximum Gasteiger partial charge on any atom is 0.190 e. The minimum absolute atomic E-state index is 0.667. The third kappa shape index (κ3) is 5.64. The standard InChI is InChI=1S/C19H27Cl2N5/c1-13-17(14(2)26(4)25-13)9-11-24-19(22-3)23-10-5-6-15-7-8-16(20)12-18(15)21/h7-8,12H,5-6,9-11H2,1-4H3,(H2,22,23,24). The smallest absolute Gasteiger partial charge is 0.190 e. The monoisotopic (exact) mass is 395 g/mol. The Morgan fingerprint density at radius 2 is 1.88 bits per heavy atom. The van der Waals surface area contributed by atoms with Crippen molar-refractivity contribution in [3.63, 3.8) is 0 Å². The summed E-state index contributed by atoms with van der Waals surface area (Å²) in [6.45, 7) is 5.79. The molecular weight excluding hydrogens is 369 g/mol. The van der Waals surface area contributed by atoms with Crippen molar-refractivity contribution in [3.05, 3.63) is 50.8 Å². The van der Waals surface area contributed by atoms with Gasteiger partial charge < -0.3 is 10.6 Å². The minimum atomic E-state index is 0.667. The van der Waals surface area contributed by atoms with Gasteiger partial charge in [-0.3, -0.25) is 9.67 Å². The lowest BCUT2D eigenvalue weighted by atomic mass is 10.1. The molecule has 0 aliphatic rings. The molecule has 0 aliphatic heterocycles. The Kier molecular flexibility index (Phi) is 7.79. The number of aromatic nitrogens is 2. The zero-order valence-electron chi connectivity index (χ0n) is 15.9. The number of benzene rings is 1. The number of aliphatic imine (C=N–C) groups is 1. The molecule has 1 aromatic heterocycles. The summed E-state index contributed by atoms with van der Waals surface area (Å²) in [5.74, 6) is 0.811. The average molecular weight is 396 g/mol. The van der Waals surface area contributed by atoms with Crippen LogP contribution in [0.1, 0.15) is 28.9 Å². The van der Waals surface area contributed by atoms with Crippen LogP contribution < -0.4 is 10.6 Å². The molecule has 0 spiro atoms. The second-order valence-electron chi connectivity index (χ2n) is 6.29. The van der Waals surface area contributed by atoms with Crippen molar-refractivity contribution >= 4 is 29.2 Å². The molecule has 26 heavy (non-hydrogen) atoms. The summed E-state index contributed by atoms with van der Waals surface area (Å²) < 4.78 is 1.93. The molecule has 1 aromatic carbocycles. The number of hydrogen-bond donors (Lipinski definition) is 2. The van der Waals surface area contributed by atoms with Crippen LogP contribution >= 0.6 is 23.2 Å². The molecule has 142 valence electrons. The second-order valence-corrected chi connectivity index (χ2v) is 7.13. The van der Waals surface area contributed by atoms with Crippen molar-refractivity contribution in [2.75, 3.05) is 20.1 Å². The Morgan fingerprint density at radius 3 is 2.50 bits per heavy atom. The van der Waals surface area contributed by atoms with Crippen molar-refractivity contribution in [3.8, 4) is 0 Å². The van der Waals surface area contributed by atoms with Gasteiger partial charge in [0.05, 0.1) is 5.69 Å². The fraction of sp³-hybridized carbons (Fsp3) is 0.474. The lowest BCUT2D eigenvalue weighted by molar-refractivity contribution is 0.726. The van der Waals surface area contributed by atoms with Gasteiger partial charge in [-0.1, -0.05) is 29.3 Å². The van der Waals surface area contributed by atoms with E-state index in [-0.39, 0.29) is 0 Å². The van der Waals surface area contributed by atoms with E-state index in [2.05, 4.69) is 34.6 Å². The Hall–Kier alpha value is -1.72. The zero-order valence-corrected chi connectivity index (χ0v) is 17.4. The molecule has 2 N–H and O–H groups in total. The van der Waals surface area contributed by atoms with E-state index in [1.165, 1.54) is 11.3 Å². The second kappa shape index (κ2) is 9.83. The summed E-state index contributed by atoms with van der Waals surface area (Å²) >= 11 is 12.1.